The maximum Gasteiger partial charge on any atom is 0.328 e. The lowest BCUT2D eigenvalue weighted by atomic mass is 10.0. The van der Waals surface area contributed by atoms with E-state index >= 15 is 0 Å². The smallest absolute Gasteiger partial charge is 0.328 e. The molecular formula is C11H22N2O3. The van der Waals surface area contributed by atoms with Crippen molar-refractivity contribution in [2.45, 2.75) is 39.7 Å². The first kappa shape index (κ1) is 14.9. The predicted molar refractivity (Wildman–Crippen MR) is 61.7 cm³/mol. The lowest BCUT2D eigenvalue weighted by molar-refractivity contribution is -0.148. The maximum atomic E-state index is 11.6. The Labute approximate surface area is 96.7 Å². The number of hydrogen-bond donors (Lipinski definition) is 2. The fraction of sp³-hybridized carbons (Fsp3) is 0.818. The van der Waals surface area contributed by atoms with E-state index < -0.39 is 6.04 Å². The van der Waals surface area contributed by atoms with E-state index in [-0.39, 0.29) is 18.4 Å². The van der Waals surface area contributed by atoms with Crippen LogP contribution in [0.4, 0.5) is 0 Å². The van der Waals surface area contributed by atoms with E-state index in [1.807, 2.05) is 20.8 Å². The zero-order chi connectivity index (χ0) is 12.6. The number of rotatable bonds is 7. The summed E-state index contributed by atoms with van der Waals surface area (Å²) in [4.78, 5) is 22.7. The number of nitrogens with two attached hydrogens (primary N) is 1. The minimum absolute atomic E-state index is 0.115. The van der Waals surface area contributed by atoms with Crippen molar-refractivity contribution in [2.24, 2.45) is 11.7 Å². The van der Waals surface area contributed by atoms with Gasteiger partial charge in [-0.2, -0.15) is 0 Å². The molecule has 0 aromatic rings. The third-order valence-corrected chi connectivity index (χ3v) is 1.96. The van der Waals surface area contributed by atoms with Crippen LogP contribution >= 0.6 is 0 Å². The van der Waals surface area contributed by atoms with Crippen molar-refractivity contribution in [3.05, 3.63) is 0 Å². The van der Waals surface area contributed by atoms with E-state index in [9.17, 15) is 9.59 Å². The van der Waals surface area contributed by atoms with Crippen molar-refractivity contribution < 1.29 is 14.3 Å². The Hall–Kier alpha value is -1.10. The fourth-order valence-electron chi connectivity index (χ4n) is 1.24. The van der Waals surface area contributed by atoms with Gasteiger partial charge in [0.2, 0.25) is 5.91 Å². The normalized spacial score (nSPS) is 12.3. The molecule has 3 N–H and O–H groups in total. The number of nitrogens with one attached hydrogen (secondary N) is 1. The van der Waals surface area contributed by atoms with Crippen molar-refractivity contribution in [2.75, 3.05) is 13.2 Å². The number of hydrogen-bond acceptors (Lipinski definition) is 4. The molecule has 0 rings (SSSR count). The van der Waals surface area contributed by atoms with Crippen LogP contribution in [0, 0.1) is 5.92 Å². The molecular weight excluding hydrogens is 208 g/mol. The predicted octanol–water partition coefficient (Wildman–Crippen LogP) is 0.429. The monoisotopic (exact) mass is 230 g/mol. The van der Waals surface area contributed by atoms with Gasteiger partial charge in [-0.1, -0.05) is 20.8 Å². The molecule has 0 saturated heterocycles. The van der Waals surface area contributed by atoms with Crippen LogP contribution in [0.15, 0.2) is 0 Å². The van der Waals surface area contributed by atoms with Gasteiger partial charge in [-0.25, -0.2) is 4.79 Å². The van der Waals surface area contributed by atoms with Crippen molar-refractivity contribution in [3.63, 3.8) is 0 Å². The molecule has 0 aliphatic heterocycles. The first-order chi connectivity index (χ1) is 7.51. The molecule has 0 spiro atoms. The molecule has 0 fully saturated rings. The summed E-state index contributed by atoms with van der Waals surface area (Å²) >= 11 is 0. The van der Waals surface area contributed by atoms with E-state index in [1.54, 1.807) is 0 Å². The highest BCUT2D eigenvalue weighted by Crippen LogP contribution is 2.06. The van der Waals surface area contributed by atoms with Crippen LogP contribution < -0.4 is 11.1 Å². The number of esters is 1. The summed E-state index contributed by atoms with van der Waals surface area (Å²) in [5, 5.41) is 2.57. The minimum atomic E-state index is -0.581. The highest BCUT2D eigenvalue weighted by atomic mass is 16.5. The van der Waals surface area contributed by atoms with E-state index in [0.717, 1.165) is 6.42 Å². The fourth-order valence-corrected chi connectivity index (χ4v) is 1.24. The summed E-state index contributed by atoms with van der Waals surface area (Å²) in [5.74, 6) is -0.409. The van der Waals surface area contributed by atoms with Gasteiger partial charge in [0.1, 0.15) is 6.04 Å². The third kappa shape index (κ3) is 6.40. The van der Waals surface area contributed by atoms with Gasteiger partial charge < -0.3 is 15.8 Å². The number of amides is 1. The van der Waals surface area contributed by atoms with Crippen LogP contribution in [-0.2, 0) is 14.3 Å². The molecule has 16 heavy (non-hydrogen) atoms. The van der Waals surface area contributed by atoms with E-state index in [2.05, 4.69) is 5.32 Å². The first-order valence-corrected chi connectivity index (χ1v) is 5.67. The SMILES string of the molecule is CCCOC(=O)[C@H](CC(C)C)NC(=O)CN. The number of carbonyl (C=O) groups is 2. The number of carbonyl (C=O) groups excluding carboxylic acids is 2. The van der Waals surface area contributed by atoms with Gasteiger partial charge in [-0.05, 0) is 18.8 Å². The highest BCUT2D eigenvalue weighted by Gasteiger charge is 2.22. The van der Waals surface area contributed by atoms with Crippen LogP contribution in [0.5, 0.6) is 0 Å². The van der Waals surface area contributed by atoms with Gasteiger partial charge in [-0.3, -0.25) is 4.79 Å². The van der Waals surface area contributed by atoms with Crippen molar-refractivity contribution >= 4 is 11.9 Å². The van der Waals surface area contributed by atoms with Gasteiger partial charge in [0, 0.05) is 0 Å². The van der Waals surface area contributed by atoms with E-state index in [4.69, 9.17) is 10.5 Å². The maximum absolute atomic E-state index is 11.6. The van der Waals surface area contributed by atoms with E-state index in [1.165, 1.54) is 0 Å². The summed E-state index contributed by atoms with van der Waals surface area (Å²) in [6, 6.07) is -0.581. The molecule has 0 heterocycles. The lowest BCUT2D eigenvalue weighted by Crippen LogP contribution is -2.45. The summed E-state index contributed by atoms with van der Waals surface area (Å²) in [7, 11) is 0. The summed E-state index contributed by atoms with van der Waals surface area (Å²) in [6.45, 7) is 6.15. The molecule has 94 valence electrons. The first-order valence-electron chi connectivity index (χ1n) is 5.67. The van der Waals surface area contributed by atoms with Crippen molar-refractivity contribution in [3.8, 4) is 0 Å². The van der Waals surface area contributed by atoms with Crippen LogP contribution in [0.25, 0.3) is 0 Å². The van der Waals surface area contributed by atoms with Crippen LogP contribution in [0.1, 0.15) is 33.6 Å². The molecule has 0 aliphatic carbocycles. The summed E-state index contributed by atoms with van der Waals surface area (Å²) < 4.78 is 5.01. The molecule has 0 saturated carbocycles. The largest absolute Gasteiger partial charge is 0.464 e. The zero-order valence-corrected chi connectivity index (χ0v) is 10.3. The highest BCUT2D eigenvalue weighted by molar-refractivity contribution is 5.85. The van der Waals surface area contributed by atoms with Gasteiger partial charge in [0.15, 0.2) is 0 Å². The van der Waals surface area contributed by atoms with Crippen LogP contribution in [0.2, 0.25) is 0 Å². The molecule has 5 heteroatoms. The van der Waals surface area contributed by atoms with Gasteiger partial charge >= 0.3 is 5.97 Å². The summed E-state index contributed by atoms with van der Waals surface area (Å²) in [5.41, 5.74) is 5.19. The molecule has 0 radical (unpaired) electrons. The molecule has 0 aromatic heterocycles. The zero-order valence-electron chi connectivity index (χ0n) is 10.3. The summed E-state index contributed by atoms with van der Waals surface area (Å²) in [6.07, 6.45) is 1.33. The Morgan fingerprint density at radius 3 is 2.44 bits per heavy atom. The molecule has 0 bridgehead atoms. The van der Waals surface area contributed by atoms with Gasteiger partial charge in [0.25, 0.3) is 0 Å². The quantitative estimate of drug-likeness (QED) is 0.621. The average Bonchev–Trinajstić information content (AvgIpc) is 2.24. The van der Waals surface area contributed by atoms with Crippen LogP contribution in [-0.4, -0.2) is 31.1 Å². The minimum Gasteiger partial charge on any atom is -0.464 e. The Bertz CT molecular complexity index is 229. The third-order valence-electron chi connectivity index (χ3n) is 1.96. The molecule has 0 aliphatic rings. The molecule has 1 amide bonds. The number of ether oxygens (including phenoxy) is 1. The Balaban J connectivity index is 4.28. The standard InChI is InChI=1S/C11H22N2O3/c1-4-5-16-11(15)9(6-8(2)3)13-10(14)7-12/h8-9H,4-7,12H2,1-3H3,(H,13,14)/t9-/m0/s1. The van der Waals surface area contributed by atoms with Crippen molar-refractivity contribution in [1.29, 1.82) is 0 Å². The molecule has 0 unspecified atom stereocenters. The Kier molecular flexibility index (Phi) is 7.54. The second-order valence-electron chi connectivity index (χ2n) is 4.12. The van der Waals surface area contributed by atoms with Crippen molar-refractivity contribution in [1.82, 2.24) is 5.32 Å². The molecule has 1 atom stereocenters. The average molecular weight is 230 g/mol. The lowest BCUT2D eigenvalue weighted by Gasteiger charge is -2.18. The Morgan fingerprint density at radius 1 is 1.38 bits per heavy atom. The topological polar surface area (TPSA) is 81.4 Å². The molecule has 0 aromatic carbocycles. The Morgan fingerprint density at radius 2 is 2.00 bits per heavy atom. The van der Waals surface area contributed by atoms with Gasteiger partial charge in [0.05, 0.1) is 13.2 Å². The second kappa shape index (κ2) is 8.10. The van der Waals surface area contributed by atoms with Gasteiger partial charge in [-0.15, -0.1) is 0 Å². The van der Waals surface area contributed by atoms with E-state index in [0.29, 0.717) is 18.9 Å². The van der Waals surface area contributed by atoms with Crippen LogP contribution in [0.3, 0.4) is 0 Å². The second-order valence-corrected chi connectivity index (χ2v) is 4.12. The molecule has 5 nitrogen and oxygen atoms in total.